The van der Waals surface area contributed by atoms with Crippen molar-refractivity contribution in [3.8, 4) is 5.75 Å². The van der Waals surface area contributed by atoms with Gasteiger partial charge in [-0.25, -0.2) is 12.8 Å². The molecule has 3 aromatic rings. The van der Waals surface area contributed by atoms with E-state index in [9.17, 15) is 17.6 Å². The van der Waals surface area contributed by atoms with Gasteiger partial charge in [-0.15, -0.1) is 0 Å². The lowest BCUT2D eigenvalue weighted by Gasteiger charge is -2.30. The molecule has 184 valence electrons. The number of sulfonamides is 1. The van der Waals surface area contributed by atoms with Crippen LogP contribution in [0.1, 0.15) is 5.56 Å². The minimum Gasteiger partial charge on any atom is -0.495 e. The molecule has 8 nitrogen and oxygen atoms in total. The number of halogens is 1. The zero-order valence-corrected chi connectivity index (χ0v) is 20.0. The lowest BCUT2D eigenvalue weighted by atomic mass is 10.1. The van der Waals surface area contributed by atoms with Crippen LogP contribution in [0.4, 0.5) is 21.5 Å². The first-order chi connectivity index (χ1) is 16.9. The second-order valence-corrected chi connectivity index (χ2v) is 9.55. The van der Waals surface area contributed by atoms with Crippen molar-refractivity contribution in [1.29, 1.82) is 0 Å². The first-order valence-electron chi connectivity index (χ1n) is 11.0. The van der Waals surface area contributed by atoms with Crippen molar-refractivity contribution in [1.82, 2.24) is 0 Å². The summed E-state index contributed by atoms with van der Waals surface area (Å²) in [4.78, 5) is 14.5. The number of hydrogen-bond acceptors (Lipinski definition) is 6. The molecule has 0 bridgehead atoms. The lowest BCUT2D eigenvalue weighted by molar-refractivity contribution is -0.115. The molecular weight excluding hydrogens is 473 g/mol. The maximum atomic E-state index is 13.9. The summed E-state index contributed by atoms with van der Waals surface area (Å²) in [6.45, 7) is 1.99. The Morgan fingerprint density at radius 2 is 1.77 bits per heavy atom. The van der Waals surface area contributed by atoms with E-state index in [2.05, 4.69) is 10.0 Å². The number of benzene rings is 3. The van der Waals surface area contributed by atoms with Crippen LogP contribution < -0.4 is 19.7 Å². The first-order valence-corrected chi connectivity index (χ1v) is 12.5. The van der Waals surface area contributed by atoms with E-state index in [-0.39, 0.29) is 28.3 Å². The molecule has 1 heterocycles. The highest BCUT2D eigenvalue weighted by Gasteiger charge is 2.25. The van der Waals surface area contributed by atoms with Crippen LogP contribution in [0.15, 0.2) is 71.6 Å². The average Bonchev–Trinajstić information content (AvgIpc) is 2.86. The van der Waals surface area contributed by atoms with E-state index in [0.29, 0.717) is 37.7 Å². The van der Waals surface area contributed by atoms with Gasteiger partial charge in [0.2, 0.25) is 5.91 Å². The highest BCUT2D eigenvalue weighted by atomic mass is 32.2. The van der Waals surface area contributed by atoms with Gasteiger partial charge in [-0.2, -0.15) is 0 Å². The molecule has 1 aliphatic heterocycles. The van der Waals surface area contributed by atoms with E-state index in [4.69, 9.17) is 9.47 Å². The lowest BCUT2D eigenvalue weighted by Crippen LogP contribution is -2.37. The summed E-state index contributed by atoms with van der Waals surface area (Å²) in [6, 6.07) is 17.4. The summed E-state index contributed by atoms with van der Waals surface area (Å²) < 4.78 is 54.3. The quantitative estimate of drug-likeness (QED) is 0.491. The summed E-state index contributed by atoms with van der Waals surface area (Å²) in [5.41, 5.74) is 1.31. The summed E-state index contributed by atoms with van der Waals surface area (Å²) in [7, 11) is -2.62. The van der Waals surface area contributed by atoms with Gasteiger partial charge in [-0.1, -0.05) is 30.3 Å². The maximum Gasteiger partial charge on any atom is 0.264 e. The van der Waals surface area contributed by atoms with Gasteiger partial charge in [0.25, 0.3) is 10.0 Å². The molecule has 1 fully saturated rings. The van der Waals surface area contributed by atoms with Gasteiger partial charge < -0.3 is 19.7 Å². The zero-order valence-electron chi connectivity index (χ0n) is 19.2. The molecule has 0 unspecified atom stereocenters. The molecule has 10 heteroatoms. The topological polar surface area (TPSA) is 97.0 Å². The van der Waals surface area contributed by atoms with E-state index < -0.39 is 21.7 Å². The van der Waals surface area contributed by atoms with Crippen LogP contribution in [-0.2, 0) is 26.0 Å². The smallest absolute Gasteiger partial charge is 0.264 e. The molecule has 0 saturated carbocycles. The Morgan fingerprint density at radius 3 is 2.51 bits per heavy atom. The molecule has 1 aliphatic rings. The van der Waals surface area contributed by atoms with Crippen molar-refractivity contribution in [3.05, 3.63) is 78.1 Å². The molecule has 1 amide bonds. The van der Waals surface area contributed by atoms with E-state index >= 15 is 0 Å². The Balaban J connectivity index is 1.65. The molecule has 0 spiro atoms. The number of carbonyl (C=O) groups is 1. The van der Waals surface area contributed by atoms with Crippen molar-refractivity contribution in [2.24, 2.45) is 0 Å². The number of carbonyl (C=O) groups excluding carboxylic acids is 1. The summed E-state index contributed by atoms with van der Waals surface area (Å²) in [6.07, 6.45) is -0.181. The van der Waals surface area contributed by atoms with Crippen LogP contribution in [0.3, 0.4) is 0 Å². The number of methoxy groups -OCH3 is 1. The second kappa shape index (κ2) is 10.7. The zero-order chi connectivity index (χ0) is 24.8. The van der Waals surface area contributed by atoms with E-state index in [0.717, 1.165) is 0 Å². The molecule has 4 rings (SSSR count). The number of anilines is 3. The van der Waals surface area contributed by atoms with Gasteiger partial charge in [-0.05, 0) is 42.0 Å². The van der Waals surface area contributed by atoms with Gasteiger partial charge in [0.15, 0.2) is 0 Å². The van der Waals surface area contributed by atoms with Crippen LogP contribution in [0.2, 0.25) is 0 Å². The Bertz CT molecular complexity index is 1310. The highest BCUT2D eigenvalue weighted by Crippen LogP contribution is 2.33. The summed E-state index contributed by atoms with van der Waals surface area (Å²) >= 11 is 0. The number of ether oxygens (including phenoxy) is 2. The fourth-order valence-corrected chi connectivity index (χ4v) is 5.14. The van der Waals surface area contributed by atoms with Gasteiger partial charge >= 0.3 is 0 Å². The maximum absolute atomic E-state index is 13.9. The number of morpholine rings is 1. The SMILES string of the molecule is COc1ccccc1NS(=O)(=O)c1cc(NC(=O)Cc2ccccc2F)ccc1N1CCOCC1. The van der Waals surface area contributed by atoms with E-state index in [1.807, 2.05) is 4.90 Å². The Hall–Kier alpha value is -3.63. The second-order valence-electron chi connectivity index (χ2n) is 7.90. The van der Waals surface area contributed by atoms with Gasteiger partial charge in [-0.3, -0.25) is 9.52 Å². The normalized spacial score (nSPS) is 13.8. The number of amides is 1. The van der Waals surface area contributed by atoms with E-state index in [1.165, 1.54) is 25.3 Å². The fraction of sp³-hybridized carbons (Fsp3) is 0.240. The number of nitrogens with one attached hydrogen (secondary N) is 2. The number of nitrogens with zero attached hydrogens (tertiary/aromatic N) is 1. The predicted octanol–water partition coefficient (Wildman–Crippen LogP) is 3.65. The number of hydrogen-bond donors (Lipinski definition) is 2. The third-order valence-electron chi connectivity index (χ3n) is 5.54. The Kier molecular flexibility index (Phi) is 7.52. The van der Waals surface area contributed by atoms with Crippen LogP contribution in [0.5, 0.6) is 5.75 Å². The predicted molar refractivity (Wildman–Crippen MR) is 132 cm³/mol. The van der Waals surface area contributed by atoms with Crippen molar-refractivity contribution in [2.75, 3.05) is 48.4 Å². The van der Waals surface area contributed by atoms with Crippen LogP contribution in [-0.4, -0.2) is 47.7 Å². The summed E-state index contributed by atoms with van der Waals surface area (Å²) in [5.74, 6) is -0.566. The van der Waals surface area contributed by atoms with E-state index in [1.54, 1.807) is 48.5 Å². The monoisotopic (exact) mass is 499 g/mol. The minimum atomic E-state index is -4.07. The third kappa shape index (κ3) is 5.90. The Labute approximate surface area is 203 Å². The fourth-order valence-electron chi connectivity index (χ4n) is 3.82. The molecule has 0 atom stereocenters. The largest absolute Gasteiger partial charge is 0.495 e. The molecule has 2 N–H and O–H groups in total. The van der Waals surface area contributed by atoms with Crippen molar-refractivity contribution < 1.29 is 27.1 Å². The van der Waals surface area contributed by atoms with Crippen LogP contribution in [0, 0.1) is 5.82 Å². The molecule has 0 radical (unpaired) electrons. The number of rotatable bonds is 8. The first kappa shape index (κ1) is 24.5. The van der Waals surface area contributed by atoms with Gasteiger partial charge in [0, 0.05) is 18.8 Å². The van der Waals surface area contributed by atoms with Crippen molar-refractivity contribution in [2.45, 2.75) is 11.3 Å². The average molecular weight is 500 g/mol. The molecule has 1 saturated heterocycles. The summed E-state index contributed by atoms with van der Waals surface area (Å²) in [5, 5.41) is 2.68. The molecule has 0 aliphatic carbocycles. The van der Waals surface area contributed by atoms with Crippen LogP contribution >= 0.6 is 0 Å². The molecule has 3 aromatic carbocycles. The standard InChI is InChI=1S/C25H26FN3O5S/c1-33-23-9-5-4-8-21(23)28-35(31,32)24-17-19(10-11-22(24)29-12-14-34-15-13-29)27-25(30)16-18-6-2-3-7-20(18)26/h2-11,17,28H,12-16H2,1H3,(H,27,30). The Morgan fingerprint density at radius 1 is 1.06 bits per heavy atom. The number of para-hydroxylation sites is 2. The van der Waals surface area contributed by atoms with Crippen molar-refractivity contribution >= 4 is 33.0 Å². The minimum absolute atomic E-state index is 0.00556. The van der Waals surface area contributed by atoms with Gasteiger partial charge in [0.1, 0.15) is 16.5 Å². The van der Waals surface area contributed by atoms with Crippen LogP contribution in [0.25, 0.3) is 0 Å². The molecule has 0 aromatic heterocycles. The van der Waals surface area contributed by atoms with Crippen molar-refractivity contribution in [3.63, 3.8) is 0 Å². The third-order valence-corrected chi connectivity index (χ3v) is 6.94. The molecule has 35 heavy (non-hydrogen) atoms. The molecular formula is C25H26FN3O5S. The highest BCUT2D eigenvalue weighted by molar-refractivity contribution is 7.93. The van der Waals surface area contributed by atoms with Gasteiger partial charge in [0.05, 0.1) is 38.1 Å².